The minimum atomic E-state index is -0.740. The number of morpholine rings is 1. The van der Waals surface area contributed by atoms with Crippen molar-refractivity contribution in [3.63, 3.8) is 0 Å². The van der Waals surface area contributed by atoms with Gasteiger partial charge in [-0.3, -0.25) is 9.59 Å². The van der Waals surface area contributed by atoms with E-state index in [1.807, 2.05) is 6.92 Å². The second kappa shape index (κ2) is 7.77. The fourth-order valence-electron chi connectivity index (χ4n) is 2.36. The first-order valence-electron chi connectivity index (χ1n) is 7.38. The van der Waals surface area contributed by atoms with Gasteiger partial charge in [0.25, 0.3) is 0 Å². The van der Waals surface area contributed by atoms with Gasteiger partial charge in [-0.05, 0) is 38.5 Å². The van der Waals surface area contributed by atoms with E-state index in [1.54, 1.807) is 38.1 Å². The number of halogens is 1. The number of benzene rings is 1. The number of rotatable bonds is 4. The fraction of sp³-hybridized carbons (Fsp3) is 0.500. The van der Waals surface area contributed by atoms with Crippen molar-refractivity contribution in [2.75, 3.05) is 18.5 Å². The van der Waals surface area contributed by atoms with Crippen molar-refractivity contribution in [3.8, 4) is 0 Å². The maximum atomic E-state index is 12.2. The van der Waals surface area contributed by atoms with E-state index in [0.29, 0.717) is 18.8 Å². The van der Waals surface area contributed by atoms with Crippen LogP contribution in [0.5, 0.6) is 0 Å². The van der Waals surface area contributed by atoms with Crippen LogP contribution in [0.25, 0.3) is 0 Å². The molecule has 0 unspecified atom stereocenters. The van der Waals surface area contributed by atoms with Crippen LogP contribution in [0.15, 0.2) is 24.3 Å². The smallest absolute Gasteiger partial charge is 0.244 e. The van der Waals surface area contributed by atoms with Crippen LogP contribution in [0.1, 0.15) is 26.3 Å². The lowest BCUT2D eigenvalue weighted by atomic mass is 9.84. The third-order valence-electron chi connectivity index (χ3n) is 4.09. The molecule has 7 heteroatoms. The molecule has 1 aliphatic heterocycles. The van der Waals surface area contributed by atoms with Crippen LogP contribution in [-0.4, -0.2) is 37.1 Å². The van der Waals surface area contributed by atoms with Crippen molar-refractivity contribution in [2.45, 2.75) is 38.3 Å². The van der Waals surface area contributed by atoms with E-state index >= 15 is 0 Å². The van der Waals surface area contributed by atoms with Crippen LogP contribution in [0.2, 0.25) is 0 Å². The van der Waals surface area contributed by atoms with Gasteiger partial charge in [0.15, 0.2) is 0 Å². The number of nitrogens with two attached hydrogens (primary N) is 1. The molecule has 0 aliphatic carbocycles. The van der Waals surface area contributed by atoms with E-state index < -0.39 is 5.41 Å². The maximum Gasteiger partial charge on any atom is 0.244 e. The molecule has 0 spiro atoms. The van der Waals surface area contributed by atoms with Crippen LogP contribution in [0.4, 0.5) is 5.69 Å². The third kappa shape index (κ3) is 4.43. The SMILES string of the molecule is C[C@H]1OCCN[C@@H]1C(=O)Nc1ccc(C(C)(C)C(N)=O)cc1.Cl. The van der Waals surface area contributed by atoms with E-state index in [-0.39, 0.29) is 36.4 Å². The molecule has 1 fully saturated rings. The van der Waals surface area contributed by atoms with E-state index in [2.05, 4.69) is 10.6 Å². The molecule has 1 aliphatic rings. The summed E-state index contributed by atoms with van der Waals surface area (Å²) in [7, 11) is 0. The molecule has 0 radical (unpaired) electrons. The van der Waals surface area contributed by atoms with Gasteiger partial charge in [-0.1, -0.05) is 12.1 Å². The largest absolute Gasteiger partial charge is 0.375 e. The van der Waals surface area contributed by atoms with Gasteiger partial charge < -0.3 is 21.1 Å². The molecule has 1 saturated heterocycles. The molecule has 0 saturated carbocycles. The number of hydrogen-bond donors (Lipinski definition) is 3. The average molecular weight is 342 g/mol. The Morgan fingerprint density at radius 1 is 1.30 bits per heavy atom. The molecule has 2 rings (SSSR count). The van der Waals surface area contributed by atoms with Crippen LogP contribution >= 0.6 is 12.4 Å². The predicted octanol–water partition coefficient (Wildman–Crippen LogP) is 1.19. The van der Waals surface area contributed by atoms with Gasteiger partial charge in [0.2, 0.25) is 11.8 Å². The summed E-state index contributed by atoms with van der Waals surface area (Å²) < 4.78 is 5.46. The quantitative estimate of drug-likeness (QED) is 0.766. The van der Waals surface area contributed by atoms with Crippen molar-refractivity contribution in [1.29, 1.82) is 0 Å². The molecule has 2 atom stereocenters. The van der Waals surface area contributed by atoms with Gasteiger partial charge in [0.1, 0.15) is 6.04 Å². The van der Waals surface area contributed by atoms with Crippen LogP contribution < -0.4 is 16.4 Å². The number of nitrogens with one attached hydrogen (secondary N) is 2. The monoisotopic (exact) mass is 341 g/mol. The Morgan fingerprint density at radius 3 is 2.43 bits per heavy atom. The van der Waals surface area contributed by atoms with Gasteiger partial charge >= 0.3 is 0 Å². The molecule has 128 valence electrons. The lowest BCUT2D eigenvalue weighted by Crippen LogP contribution is -2.53. The summed E-state index contributed by atoms with van der Waals surface area (Å²) in [4.78, 5) is 23.7. The Balaban J connectivity index is 0.00000264. The molecular formula is C16H24ClN3O3. The van der Waals surface area contributed by atoms with Crippen LogP contribution in [0.3, 0.4) is 0 Å². The van der Waals surface area contributed by atoms with Gasteiger partial charge in [0, 0.05) is 12.2 Å². The van der Waals surface area contributed by atoms with E-state index in [0.717, 1.165) is 5.56 Å². The second-order valence-electron chi connectivity index (χ2n) is 6.06. The minimum Gasteiger partial charge on any atom is -0.375 e. The lowest BCUT2D eigenvalue weighted by molar-refractivity contribution is -0.124. The van der Waals surface area contributed by atoms with E-state index in [9.17, 15) is 9.59 Å². The molecule has 1 aromatic carbocycles. The second-order valence-corrected chi connectivity index (χ2v) is 6.06. The van der Waals surface area contributed by atoms with Crippen molar-refractivity contribution in [1.82, 2.24) is 5.32 Å². The van der Waals surface area contributed by atoms with Crippen molar-refractivity contribution >= 4 is 29.9 Å². The molecule has 23 heavy (non-hydrogen) atoms. The van der Waals surface area contributed by atoms with Crippen LogP contribution in [0, 0.1) is 0 Å². The first-order valence-corrected chi connectivity index (χ1v) is 7.38. The Bertz CT molecular complexity index is 560. The predicted molar refractivity (Wildman–Crippen MR) is 91.7 cm³/mol. The number of primary amides is 1. The maximum absolute atomic E-state index is 12.2. The summed E-state index contributed by atoms with van der Waals surface area (Å²) in [6, 6.07) is 6.78. The zero-order chi connectivity index (χ0) is 16.3. The van der Waals surface area contributed by atoms with Crippen molar-refractivity contribution in [2.24, 2.45) is 5.73 Å². The molecule has 4 N–H and O–H groups in total. The Kier molecular flexibility index (Phi) is 6.56. The molecule has 1 aromatic rings. The summed E-state index contributed by atoms with van der Waals surface area (Å²) in [6.45, 7) is 6.69. The number of carbonyl (C=O) groups is 2. The highest BCUT2D eigenvalue weighted by molar-refractivity contribution is 5.95. The average Bonchev–Trinajstić information content (AvgIpc) is 2.48. The van der Waals surface area contributed by atoms with E-state index in [1.165, 1.54) is 0 Å². The molecular weight excluding hydrogens is 318 g/mol. The Hall–Kier alpha value is -1.63. The Labute approximate surface area is 142 Å². The number of anilines is 1. The standard InChI is InChI=1S/C16H23N3O3.ClH/c1-10-13(18-8-9-22-10)14(20)19-12-6-4-11(5-7-12)16(2,3)15(17)21;/h4-7,10,13,18H,8-9H2,1-3H3,(H2,17,21)(H,19,20);1H/t10-,13+;/m1./s1. The molecule has 6 nitrogen and oxygen atoms in total. The topological polar surface area (TPSA) is 93.4 Å². The fourth-order valence-corrected chi connectivity index (χ4v) is 2.36. The molecule has 0 aromatic heterocycles. The van der Waals surface area contributed by atoms with Crippen LogP contribution in [-0.2, 0) is 19.7 Å². The van der Waals surface area contributed by atoms with Gasteiger partial charge in [-0.25, -0.2) is 0 Å². The summed E-state index contributed by atoms with van der Waals surface area (Å²) in [5.74, 6) is -0.518. The normalized spacial score (nSPS) is 21.2. The third-order valence-corrected chi connectivity index (χ3v) is 4.09. The van der Waals surface area contributed by atoms with Crippen molar-refractivity contribution < 1.29 is 14.3 Å². The summed E-state index contributed by atoms with van der Waals surface area (Å²) in [5.41, 5.74) is 6.15. The number of amides is 2. The summed E-state index contributed by atoms with van der Waals surface area (Å²) >= 11 is 0. The highest BCUT2D eigenvalue weighted by atomic mass is 35.5. The van der Waals surface area contributed by atoms with Gasteiger partial charge in [-0.15, -0.1) is 12.4 Å². The first kappa shape index (κ1) is 19.4. The summed E-state index contributed by atoms with van der Waals surface area (Å²) in [6.07, 6.45) is -0.165. The summed E-state index contributed by atoms with van der Waals surface area (Å²) in [5, 5.41) is 5.99. The van der Waals surface area contributed by atoms with Gasteiger partial charge in [-0.2, -0.15) is 0 Å². The number of ether oxygens (including phenoxy) is 1. The first-order chi connectivity index (χ1) is 10.3. The lowest BCUT2D eigenvalue weighted by Gasteiger charge is -2.29. The number of hydrogen-bond acceptors (Lipinski definition) is 4. The Morgan fingerprint density at radius 2 is 1.91 bits per heavy atom. The molecule has 2 amide bonds. The number of carbonyl (C=O) groups excluding carboxylic acids is 2. The van der Waals surface area contributed by atoms with Gasteiger partial charge in [0.05, 0.1) is 18.1 Å². The molecule has 1 heterocycles. The highest BCUT2D eigenvalue weighted by Gasteiger charge is 2.29. The molecule has 0 bridgehead atoms. The van der Waals surface area contributed by atoms with E-state index in [4.69, 9.17) is 10.5 Å². The zero-order valence-electron chi connectivity index (χ0n) is 13.6. The zero-order valence-corrected chi connectivity index (χ0v) is 14.4. The highest BCUT2D eigenvalue weighted by Crippen LogP contribution is 2.24. The van der Waals surface area contributed by atoms with Crippen molar-refractivity contribution in [3.05, 3.63) is 29.8 Å². The minimum absolute atomic E-state index is 0.